The number of likely N-dealkylation sites (tertiary alicyclic amines) is 1. The molecule has 0 saturated carbocycles. The summed E-state index contributed by atoms with van der Waals surface area (Å²) >= 11 is 0. The number of hydrogen-bond acceptors (Lipinski definition) is 4. The zero-order valence-electron chi connectivity index (χ0n) is 12.8. The van der Waals surface area contributed by atoms with Crippen molar-refractivity contribution in [3.05, 3.63) is 0 Å². The van der Waals surface area contributed by atoms with E-state index in [4.69, 9.17) is 4.74 Å². The second-order valence-electron chi connectivity index (χ2n) is 6.24. The summed E-state index contributed by atoms with van der Waals surface area (Å²) in [7, 11) is 0. The molecular formula is C14H26N2O4. The van der Waals surface area contributed by atoms with Crippen LogP contribution in [0.5, 0.6) is 0 Å². The third kappa shape index (κ3) is 5.36. The first kappa shape index (κ1) is 16.8. The zero-order chi connectivity index (χ0) is 15.3. The van der Waals surface area contributed by atoms with E-state index < -0.39 is 23.8 Å². The number of unbranched alkanes of at least 4 members (excludes halogenated alkanes) is 1. The molecule has 6 heteroatoms. The van der Waals surface area contributed by atoms with Crippen molar-refractivity contribution in [3.8, 4) is 0 Å². The van der Waals surface area contributed by atoms with Crippen molar-refractivity contribution in [2.45, 2.75) is 64.7 Å². The van der Waals surface area contributed by atoms with Crippen LogP contribution in [0, 0.1) is 0 Å². The van der Waals surface area contributed by atoms with Crippen LogP contribution in [0.15, 0.2) is 0 Å². The van der Waals surface area contributed by atoms with Gasteiger partial charge in [0.05, 0.1) is 6.10 Å². The second kappa shape index (κ2) is 6.92. The summed E-state index contributed by atoms with van der Waals surface area (Å²) in [5.41, 5.74) is -0.588. The van der Waals surface area contributed by atoms with Crippen molar-refractivity contribution in [3.63, 3.8) is 0 Å². The first-order chi connectivity index (χ1) is 9.23. The van der Waals surface area contributed by atoms with Crippen molar-refractivity contribution >= 4 is 12.0 Å². The van der Waals surface area contributed by atoms with Gasteiger partial charge in [-0.2, -0.15) is 0 Å². The maximum absolute atomic E-state index is 12.2. The summed E-state index contributed by atoms with van der Waals surface area (Å²) in [6.45, 7) is 8.06. The summed E-state index contributed by atoms with van der Waals surface area (Å²) in [4.78, 5) is 25.6. The Morgan fingerprint density at radius 3 is 2.45 bits per heavy atom. The Morgan fingerprint density at radius 1 is 1.40 bits per heavy atom. The molecule has 0 spiro atoms. The second-order valence-corrected chi connectivity index (χ2v) is 6.24. The molecule has 20 heavy (non-hydrogen) atoms. The van der Waals surface area contributed by atoms with E-state index in [9.17, 15) is 14.7 Å². The van der Waals surface area contributed by atoms with E-state index in [0.29, 0.717) is 19.5 Å². The Morgan fingerprint density at radius 2 is 2.00 bits per heavy atom. The minimum absolute atomic E-state index is 0.144. The Labute approximate surface area is 120 Å². The van der Waals surface area contributed by atoms with Gasteiger partial charge in [-0.3, -0.25) is 4.79 Å². The van der Waals surface area contributed by atoms with Crippen molar-refractivity contribution in [1.82, 2.24) is 10.2 Å². The van der Waals surface area contributed by atoms with Crippen molar-refractivity contribution in [2.24, 2.45) is 0 Å². The maximum Gasteiger partial charge on any atom is 0.408 e. The molecule has 0 aromatic heterocycles. The van der Waals surface area contributed by atoms with Gasteiger partial charge in [-0.05, 0) is 27.2 Å². The molecule has 1 rings (SSSR count). The molecule has 1 fully saturated rings. The molecule has 0 unspecified atom stereocenters. The van der Waals surface area contributed by atoms with Crippen LogP contribution in [-0.4, -0.2) is 52.8 Å². The normalized spacial score (nSPS) is 17.4. The molecule has 116 valence electrons. The zero-order valence-corrected chi connectivity index (χ0v) is 12.8. The quantitative estimate of drug-likeness (QED) is 0.798. The smallest absolute Gasteiger partial charge is 0.408 e. The van der Waals surface area contributed by atoms with E-state index in [-0.39, 0.29) is 5.91 Å². The van der Waals surface area contributed by atoms with Crippen LogP contribution in [0.1, 0.15) is 47.0 Å². The van der Waals surface area contributed by atoms with Gasteiger partial charge >= 0.3 is 6.09 Å². The van der Waals surface area contributed by atoms with E-state index in [1.165, 1.54) is 0 Å². The summed E-state index contributed by atoms with van der Waals surface area (Å²) in [5, 5.41) is 11.9. The molecule has 6 nitrogen and oxygen atoms in total. The number of carbonyl (C=O) groups excluding carboxylic acids is 2. The predicted octanol–water partition coefficient (Wildman–Crippen LogP) is 1.27. The summed E-state index contributed by atoms with van der Waals surface area (Å²) in [6, 6.07) is -0.572. The minimum Gasteiger partial charge on any atom is -0.444 e. The SMILES string of the molecule is CCCC[C@H](NC(=O)OC(C)(C)C)C(=O)N1CC(O)C1. The molecule has 1 atom stereocenters. The van der Waals surface area contributed by atoms with Crippen LogP contribution in [0.25, 0.3) is 0 Å². The number of aliphatic hydroxyl groups is 1. The average Bonchev–Trinajstić information content (AvgIpc) is 2.27. The van der Waals surface area contributed by atoms with Gasteiger partial charge in [-0.1, -0.05) is 19.8 Å². The first-order valence-electron chi connectivity index (χ1n) is 7.19. The predicted molar refractivity (Wildman–Crippen MR) is 75.3 cm³/mol. The van der Waals surface area contributed by atoms with E-state index in [1.807, 2.05) is 6.92 Å². The number of hydrogen-bond donors (Lipinski definition) is 2. The lowest BCUT2D eigenvalue weighted by Gasteiger charge is -2.38. The van der Waals surface area contributed by atoms with Gasteiger partial charge in [-0.25, -0.2) is 4.79 Å². The lowest BCUT2D eigenvalue weighted by Crippen LogP contribution is -2.59. The Balaban J connectivity index is 2.55. The number of alkyl carbamates (subject to hydrolysis) is 1. The number of aliphatic hydroxyl groups excluding tert-OH is 1. The summed E-state index contributed by atoms with van der Waals surface area (Å²) in [5.74, 6) is -0.144. The topological polar surface area (TPSA) is 78.9 Å². The van der Waals surface area contributed by atoms with Crippen LogP contribution in [0.3, 0.4) is 0 Å². The third-order valence-corrected chi connectivity index (χ3v) is 3.01. The van der Waals surface area contributed by atoms with Crippen LogP contribution < -0.4 is 5.32 Å². The van der Waals surface area contributed by atoms with Gasteiger partial charge in [0, 0.05) is 13.1 Å². The fourth-order valence-corrected chi connectivity index (χ4v) is 1.97. The number of β-amino-alcohol motifs (C(OH)–C–C–N with tert-alkyl or cyclic N) is 1. The monoisotopic (exact) mass is 286 g/mol. The van der Waals surface area contributed by atoms with Gasteiger partial charge in [0.2, 0.25) is 5.91 Å². The molecule has 1 saturated heterocycles. The van der Waals surface area contributed by atoms with Crippen LogP contribution in [-0.2, 0) is 9.53 Å². The van der Waals surface area contributed by atoms with Crippen molar-refractivity contribution in [1.29, 1.82) is 0 Å². The third-order valence-electron chi connectivity index (χ3n) is 3.01. The Hall–Kier alpha value is -1.30. The molecule has 2 amide bonds. The van der Waals surface area contributed by atoms with Crippen molar-refractivity contribution in [2.75, 3.05) is 13.1 Å². The first-order valence-corrected chi connectivity index (χ1v) is 7.19. The molecule has 0 aromatic carbocycles. The molecule has 1 aliphatic heterocycles. The van der Waals surface area contributed by atoms with Gasteiger partial charge < -0.3 is 20.1 Å². The molecule has 0 aromatic rings. The van der Waals surface area contributed by atoms with Gasteiger partial charge in [0.15, 0.2) is 0 Å². The largest absolute Gasteiger partial charge is 0.444 e. The summed E-state index contributed by atoms with van der Waals surface area (Å²) in [6.07, 6.45) is 1.37. The highest BCUT2D eigenvalue weighted by atomic mass is 16.6. The molecule has 1 heterocycles. The number of carbonyl (C=O) groups is 2. The Bertz CT molecular complexity index is 346. The molecule has 0 radical (unpaired) electrons. The fourth-order valence-electron chi connectivity index (χ4n) is 1.97. The standard InChI is InChI=1S/C14H26N2O4/c1-5-6-7-11(12(18)16-8-10(17)9-16)15-13(19)20-14(2,3)4/h10-11,17H,5-9H2,1-4H3,(H,15,19)/t11-/m0/s1. The van der Waals surface area contributed by atoms with E-state index in [2.05, 4.69) is 5.32 Å². The lowest BCUT2D eigenvalue weighted by molar-refractivity contribution is -0.143. The van der Waals surface area contributed by atoms with Crippen LogP contribution in [0.2, 0.25) is 0 Å². The molecule has 1 aliphatic rings. The highest BCUT2D eigenvalue weighted by molar-refractivity contribution is 5.86. The molecule has 0 bridgehead atoms. The molecule has 2 N–H and O–H groups in total. The van der Waals surface area contributed by atoms with Gasteiger partial charge in [0.25, 0.3) is 0 Å². The number of nitrogens with one attached hydrogen (secondary N) is 1. The van der Waals surface area contributed by atoms with E-state index in [0.717, 1.165) is 12.8 Å². The Kier molecular flexibility index (Phi) is 5.80. The van der Waals surface area contributed by atoms with E-state index in [1.54, 1.807) is 25.7 Å². The molecule has 0 aliphatic carbocycles. The van der Waals surface area contributed by atoms with E-state index >= 15 is 0 Å². The van der Waals surface area contributed by atoms with Gasteiger partial charge in [-0.15, -0.1) is 0 Å². The number of ether oxygens (including phenoxy) is 1. The minimum atomic E-state index is -0.588. The van der Waals surface area contributed by atoms with Crippen LogP contribution in [0.4, 0.5) is 4.79 Å². The highest BCUT2D eigenvalue weighted by Gasteiger charge is 2.34. The molecular weight excluding hydrogens is 260 g/mol. The highest BCUT2D eigenvalue weighted by Crippen LogP contribution is 2.13. The number of amides is 2. The summed E-state index contributed by atoms with van der Waals surface area (Å²) < 4.78 is 5.18. The van der Waals surface area contributed by atoms with Crippen LogP contribution >= 0.6 is 0 Å². The lowest BCUT2D eigenvalue weighted by atomic mass is 10.1. The number of rotatable bonds is 5. The maximum atomic E-state index is 12.2. The van der Waals surface area contributed by atoms with Gasteiger partial charge in [0.1, 0.15) is 11.6 Å². The average molecular weight is 286 g/mol. The number of nitrogens with zero attached hydrogens (tertiary/aromatic N) is 1. The van der Waals surface area contributed by atoms with Crippen molar-refractivity contribution < 1.29 is 19.4 Å². The fraction of sp³-hybridized carbons (Fsp3) is 0.857.